The third-order valence-corrected chi connectivity index (χ3v) is 1.66. The molecule has 0 rings (SSSR count). The SMILES string of the molecule is COCCOC(C)CC(C)(N)C#N. The second kappa shape index (κ2) is 5.92. The predicted molar refractivity (Wildman–Crippen MR) is 50.1 cm³/mol. The van der Waals surface area contributed by atoms with Crippen molar-refractivity contribution in [1.82, 2.24) is 0 Å². The summed E-state index contributed by atoms with van der Waals surface area (Å²) in [5.74, 6) is 0. The van der Waals surface area contributed by atoms with Crippen molar-refractivity contribution in [3.8, 4) is 6.07 Å². The van der Waals surface area contributed by atoms with Gasteiger partial charge < -0.3 is 15.2 Å². The van der Waals surface area contributed by atoms with Crippen molar-refractivity contribution >= 4 is 0 Å². The molecule has 0 radical (unpaired) electrons. The Morgan fingerprint density at radius 1 is 1.54 bits per heavy atom. The van der Waals surface area contributed by atoms with E-state index >= 15 is 0 Å². The number of rotatable bonds is 6. The normalized spacial score (nSPS) is 17.5. The summed E-state index contributed by atoms with van der Waals surface area (Å²) in [4.78, 5) is 0. The van der Waals surface area contributed by atoms with Gasteiger partial charge in [0.1, 0.15) is 5.54 Å². The highest BCUT2D eigenvalue weighted by atomic mass is 16.5. The van der Waals surface area contributed by atoms with Gasteiger partial charge in [0.15, 0.2) is 0 Å². The van der Waals surface area contributed by atoms with E-state index in [0.29, 0.717) is 19.6 Å². The third-order valence-electron chi connectivity index (χ3n) is 1.66. The molecule has 0 aliphatic rings. The van der Waals surface area contributed by atoms with Crippen LogP contribution >= 0.6 is 0 Å². The van der Waals surface area contributed by atoms with Crippen LogP contribution in [-0.4, -0.2) is 32.0 Å². The molecule has 0 saturated carbocycles. The van der Waals surface area contributed by atoms with Gasteiger partial charge in [-0.3, -0.25) is 0 Å². The Bertz CT molecular complexity index is 175. The molecule has 0 spiro atoms. The molecule has 0 aliphatic heterocycles. The van der Waals surface area contributed by atoms with E-state index in [4.69, 9.17) is 20.5 Å². The Hall–Kier alpha value is -0.630. The minimum atomic E-state index is -0.799. The third kappa shape index (κ3) is 6.52. The molecule has 0 saturated heterocycles. The maximum Gasteiger partial charge on any atom is 0.103 e. The molecule has 0 aromatic rings. The number of hydrogen-bond donors (Lipinski definition) is 1. The van der Waals surface area contributed by atoms with Gasteiger partial charge in [0.25, 0.3) is 0 Å². The fourth-order valence-electron chi connectivity index (χ4n) is 1.03. The van der Waals surface area contributed by atoms with Crippen LogP contribution < -0.4 is 5.73 Å². The summed E-state index contributed by atoms with van der Waals surface area (Å²) in [5.41, 5.74) is 4.85. The second-order valence-corrected chi connectivity index (χ2v) is 3.41. The highest BCUT2D eigenvalue weighted by Gasteiger charge is 2.20. The topological polar surface area (TPSA) is 68.3 Å². The van der Waals surface area contributed by atoms with Gasteiger partial charge in [-0.15, -0.1) is 0 Å². The predicted octanol–water partition coefficient (Wildman–Crippen LogP) is 0.669. The van der Waals surface area contributed by atoms with E-state index in [9.17, 15) is 0 Å². The Kier molecular flexibility index (Phi) is 5.63. The van der Waals surface area contributed by atoms with Crippen molar-refractivity contribution in [3.63, 3.8) is 0 Å². The number of methoxy groups -OCH3 is 1. The fourth-order valence-corrected chi connectivity index (χ4v) is 1.03. The fraction of sp³-hybridized carbons (Fsp3) is 0.889. The van der Waals surface area contributed by atoms with Gasteiger partial charge in [-0.05, 0) is 13.8 Å². The van der Waals surface area contributed by atoms with Crippen molar-refractivity contribution in [3.05, 3.63) is 0 Å². The molecule has 13 heavy (non-hydrogen) atoms. The number of ether oxygens (including phenoxy) is 2. The van der Waals surface area contributed by atoms with Crippen LogP contribution in [0.15, 0.2) is 0 Å². The summed E-state index contributed by atoms with van der Waals surface area (Å²) >= 11 is 0. The molecule has 0 aromatic heterocycles. The Morgan fingerprint density at radius 2 is 2.15 bits per heavy atom. The van der Waals surface area contributed by atoms with E-state index in [1.807, 2.05) is 13.0 Å². The van der Waals surface area contributed by atoms with E-state index in [1.54, 1.807) is 14.0 Å². The average Bonchev–Trinajstić information content (AvgIpc) is 2.04. The maximum atomic E-state index is 8.66. The Morgan fingerprint density at radius 3 is 2.62 bits per heavy atom. The number of nitrogens with zero attached hydrogens (tertiary/aromatic N) is 1. The molecule has 0 heterocycles. The molecule has 2 unspecified atom stereocenters. The molecular formula is C9H18N2O2. The molecular weight excluding hydrogens is 168 g/mol. The largest absolute Gasteiger partial charge is 0.382 e. The molecule has 2 atom stereocenters. The van der Waals surface area contributed by atoms with Gasteiger partial charge in [-0.2, -0.15) is 5.26 Å². The number of nitriles is 1. The first-order valence-corrected chi connectivity index (χ1v) is 4.32. The zero-order valence-corrected chi connectivity index (χ0v) is 8.54. The first-order chi connectivity index (χ1) is 6.02. The summed E-state index contributed by atoms with van der Waals surface area (Å²) in [6.45, 7) is 4.71. The summed E-state index contributed by atoms with van der Waals surface area (Å²) in [5, 5.41) is 8.66. The Balaban J connectivity index is 3.63. The highest BCUT2D eigenvalue weighted by molar-refractivity contribution is 5.01. The molecule has 2 N–H and O–H groups in total. The summed E-state index contributed by atoms with van der Waals surface area (Å²) in [7, 11) is 1.62. The van der Waals surface area contributed by atoms with Crippen LogP contribution in [-0.2, 0) is 9.47 Å². The van der Waals surface area contributed by atoms with Gasteiger partial charge in [-0.25, -0.2) is 0 Å². The zero-order chi connectivity index (χ0) is 10.3. The van der Waals surface area contributed by atoms with Crippen LogP contribution in [0.25, 0.3) is 0 Å². The maximum absolute atomic E-state index is 8.66. The zero-order valence-electron chi connectivity index (χ0n) is 8.54. The lowest BCUT2D eigenvalue weighted by atomic mass is 9.98. The van der Waals surface area contributed by atoms with Crippen molar-refractivity contribution in [2.75, 3.05) is 20.3 Å². The van der Waals surface area contributed by atoms with Gasteiger partial charge in [0, 0.05) is 13.5 Å². The summed E-state index contributed by atoms with van der Waals surface area (Å²) < 4.78 is 10.2. The molecule has 0 aliphatic carbocycles. The molecule has 4 heteroatoms. The lowest BCUT2D eigenvalue weighted by molar-refractivity contribution is 0.0168. The average molecular weight is 186 g/mol. The van der Waals surface area contributed by atoms with Crippen molar-refractivity contribution in [2.24, 2.45) is 5.73 Å². The number of hydrogen-bond acceptors (Lipinski definition) is 4. The monoisotopic (exact) mass is 186 g/mol. The highest BCUT2D eigenvalue weighted by Crippen LogP contribution is 2.09. The van der Waals surface area contributed by atoms with E-state index in [1.165, 1.54) is 0 Å². The lowest BCUT2D eigenvalue weighted by Crippen LogP contribution is -2.38. The van der Waals surface area contributed by atoms with Crippen molar-refractivity contribution < 1.29 is 9.47 Å². The molecule has 76 valence electrons. The lowest BCUT2D eigenvalue weighted by Gasteiger charge is -2.20. The van der Waals surface area contributed by atoms with E-state index in [-0.39, 0.29) is 6.10 Å². The quantitative estimate of drug-likeness (QED) is 0.619. The minimum absolute atomic E-state index is 0.00944. The van der Waals surface area contributed by atoms with Crippen LogP contribution in [0.1, 0.15) is 20.3 Å². The van der Waals surface area contributed by atoms with Crippen LogP contribution in [0.3, 0.4) is 0 Å². The first-order valence-electron chi connectivity index (χ1n) is 4.32. The molecule has 0 amide bonds. The van der Waals surface area contributed by atoms with E-state index in [2.05, 4.69) is 0 Å². The standard InChI is InChI=1S/C9H18N2O2/c1-8(13-5-4-12-3)6-9(2,11)7-10/h8H,4-6,11H2,1-3H3. The molecule has 0 bridgehead atoms. The van der Waals surface area contributed by atoms with Gasteiger partial charge in [0.2, 0.25) is 0 Å². The van der Waals surface area contributed by atoms with Crippen molar-refractivity contribution in [2.45, 2.75) is 31.9 Å². The van der Waals surface area contributed by atoms with Crippen LogP contribution in [0, 0.1) is 11.3 Å². The first kappa shape index (κ1) is 12.4. The smallest absolute Gasteiger partial charge is 0.103 e. The van der Waals surface area contributed by atoms with Crippen molar-refractivity contribution in [1.29, 1.82) is 5.26 Å². The summed E-state index contributed by atoms with van der Waals surface area (Å²) in [6.07, 6.45) is 0.525. The molecule has 0 aromatic carbocycles. The van der Waals surface area contributed by atoms with Crippen LogP contribution in [0.4, 0.5) is 0 Å². The van der Waals surface area contributed by atoms with Gasteiger partial charge in [-0.1, -0.05) is 0 Å². The second-order valence-electron chi connectivity index (χ2n) is 3.41. The summed E-state index contributed by atoms with van der Waals surface area (Å²) in [6, 6.07) is 2.03. The minimum Gasteiger partial charge on any atom is -0.382 e. The number of nitrogens with two attached hydrogens (primary N) is 1. The van der Waals surface area contributed by atoms with E-state index < -0.39 is 5.54 Å². The van der Waals surface area contributed by atoms with Gasteiger partial charge in [0.05, 0.1) is 25.4 Å². The Labute approximate surface area is 79.6 Å². The van der Waals surface area contributed by atoms with Crippen LogP contribution in [0.5, 0.6) is 0 Å². The molecule has 0 fully saturated rings. The van der Waals surface area contributed by atoms with Gasteiger partial charge >= 0.3 is 0 Å². The molecule has 4 nitrogen and oxygen atoms in total. The van der Waals surface area contributed by atoms with Crippen LogP contribution in [0.2, 0.25) is 0 Å². The van der Waals surface area contributed by atoms with E-state index in [0.717, 1.165) is 0 Å².